The maximum absolute atomic E-state index is 12.9. The van der Waals surface area contributed by atoms with Crippen LogP contribution in [0.2, 0.25) is 0 Å². The molecule has 2 aromatic rings. The van der Waals surface area contributed by atoms with Crippen molar-refractivity contribution in [2.45, 2.75) is 25.3 Å². The zero-order valence-electron chi connectivity index (χ0n) is 14.5. The Labute approximate surface area is 158 Å². The molecule has 0 radical (unpaired) electrons. The summed E-state index contributed by atoms with van der Waals surface area (Å²) in [5.74, 6) is 0.786. The average molecular weight is 383 g/mol. The highest BCUT2D eigenvalue weighted by Crippen LogP contribution is 2.24. The second-order valence-corrected chi connectivity index (χ2v) is 6.17. The normalized spacial score (nSPS) is 15.7. The number of benzene rings is 1. The summed E-state index contributed by atoms with van der Waals surface area (Å²) in [6, 6.07) is 9.45. The van der Waals surface area contributed by atoms with Gasteiger partial charge in [0, 0.05) is 6.54 Å². The van der Waals surface area contributed by atoms with Crippen molar-refractivity contribution < 1.29 is 18.3 Å². The van der Waals surface area contributed by atoms with Crippen LogP contribution in [0.1, 0.15) is 31.1 Å². The van der Waals surface area contributed by atoms with Gasteiger partial charge in [0.25, 0.3) is 5.91 Å². The first kappa shape index (κ1) is 20.3. The molecule has 0 bridgehead atoms. The summed E-state index contributed by atoms with van der Waals surface area (Å²) < 4.78 is 23.8. The Morgan fingerprint density at radius 2 is 1.92 bits per heavy atom. The summed E-state index contributed by atoms with van der Waals surface area (Å²) in [6.45, 7) is 2.39. The van der Waals surface area contributed by atoms with E-state index in [4.69, 9.17) is 9.15 Å². The van der Waals surface area contributed by atoms with E-state index in [0.717, 1.165) is 18.8 Å². The standard InChI is InChI=1S/C19H23FN2O3.ClH/c20-15-6-8-16(9-7-15)25-14-19(23)21-13-17(18-5-4-12-24-18)22-10-2-1-3-11-22;/h4-9,12,17H,1-3,10-11,13-14H2,(H,21,23);1H. The van der Waals surface area contributed by atoms with Gasteiger partial charge in [0.2, 0.25) is 0 Å². The lowest BCUT2D eigenvalue weighted by Gasteiger charge is -2.33. The molecule has 0 spiro atoms. The Balaban J connectivity index is 0.00000243. The topological polar surface area (TPSA) is 54.7 Å². The number of piperidine rings is 1. The largest absolute Gasteiger partial charge is 0.484 e. The first-order valence-corrected chi connectivity index (χ1v) is 8.65. The molecule has 1 aromatic carbocycles. The second-order valence-electron chi connectivity index (χ2n) is 6.17. The van der Waals surface area contributed by atoms with E-state index in [0.29, 0.717) is 12.3 Å². The van der Waals surface area contributed by atoms with E-state index in [1.807, 2.05) is 12.1 Å². The van der Waals surface area contributed by atoms with E-state index >= 15 is 0 Å². The van der Waals surface area contributed by atoms with Gasteiger partial charge in [0.1, 0.15) is 17.3 Å². The summed E-state index contributed by atoms with van der Waals surface area (Å²) in [6.07, 6.45) is 5.24. The van der Waals surface area contributed by atoms with E-state index < -0.39 is 0 Å². The number of hydrogen-bond donors (Lipinski definition) is 1. The van der Waals surface area contributed by atoms with E-state index in [1.54, 1.807) is 6.26 Å². The number of carbonyl (C=O) groups excluding carboxylic acids is 1. The molecular formula is C19H24ClFN2O3. The summed E-state index contributed by atoms with van der Waals surface area (Å²) in [5.41, 5.74) is 0. The van der Waals surface area contributed by atoms with Gasteiger partial charge in [-0.05, 0) is 62.3 Å². The Morgan fingerprint density at radius 3 is 2.58 bits per heavy atom. The molecule has 1 N–H and O–H groups in total. The van der Waals surface area contributed by atoms with Gasteiger partial charge < -0.3 is 14.5 Å². The minimum absolute atomic E-state index is 0. The lowest BCUT2D eigenvalue weighted by atomic mass is 10.1. The van der Waals surface area contributed by atoms with Gasteiger partial charge in [-0.2, -0.15) is 0 Å². The van der Waals surface area contributed by atoms with Crippen LogP contribution in [0.25, 0.3) is 0 Å². The summed E-state index contributed by atoms with van der Waals surface area (Å²) >= 11 is 0. The number of furan rings is 1. The van der Waals surface area contributed by atoms with Crippen molar-refractivity contribution in [1.29, 1.82) is 0 Å². The highest BCUT2D eigenvalue weighted by Gasteiger charge is 2.24. The number of nitrogens with one attached hydrogen (secondary N) is 1. The molecular weight excluding hydrogens is 359 g/mol. The van der Waals surface area contributed by atoms with Gasteiger partial charge in [0.05, 0.1) is 12.3 Å². The Kier molecular flexibility index (Phi) is 7.94. The van der Waals surface area contributed by atoms with Crippen LogP contribution in [-0.4, -0.2) is 37.0 Å². The Morgan fingerprint density at radius 1 is 1.19 bits per heavy atom. The number of carbonyl (C=O) groups is 1. The molecule has 7 heteroatoms. The van der Waals surface area contributed by atoms with Crippen LogP contribution < -0.4 is 10.1 Å². The minimum Gasteiger partial charge on any atom is -0.484 e. The molecule has 1 atom stereocenters. The number of nitrogens with zero attached hydrogens (tertiary/aromatic N) is 1. The number of ether oxygens (including phenoxy) is 1. The predicted molar refractivity (Wildman–Crippen MR) is 99.0 cm³/mol. The lowest BCUT2D eigenvalue weighted by Crippen LogP contribution is -2.41. The molecule has 1 aromatic heterocycles. The van der Waals surface area contributed by atoms with Gasteiger partial charge >= 0.3 is 0 Å². The van der Waals surface area contributed by atoms with Crippen LogP contribution in [0.5, 0.6) is 5.75 Å². The van der Waals surface area contributed by atoms with Gasteiger partial charge in [-0.15, -0.1) is 12.4 Å². The molecule has 1 unspecified atom stereocenters. The molecule has 1 aliphatic rings. The molecule has 142 valence electrons. The van der Waals surface area contributed by atoms with E-state index in [9.17, 15) is 9.18 Å². The highest BCUT2D eigenvalue weighted by atomic mass is 35.5. The van der Waals surface area contributed by atoms with Crippen molar-refractivity contribution in [2.75, 3.05) is 26.2 Å². The van der Waals surface area contributed by atoms with Crippen molar-refractivity contribution in [3.05, 3.63) is 54.2 Å². The zero-order valence-corrected chi connectivity index (χ0v) is 15.3. The van der Waals surface area contributed by atoms with Crippen LogP contribution in [0.4, 0.5) is 4.39 Å². The van der Waals surface area contributed by atoms with Crippen molar-refractivity contribution in [3.63, 3.8) is 0 Å². The van der Waals surface area contributed by atoms with Crippen molar-refractivity contribution in [1.82, 2.24) is 10.2 Å². The third-order valence-electron chi connectivity index (χ3n) is 4.38. The minimum atomic E-state index is -0.334. The molecule has 0 aliphatic carbocycles. The van der Waals surface area contributed by atoms with E-state index in [1.165, 1.54) is 43.5 Å². The first-order chi connectivity index (χ1) is 12.2. The maximum Gasteiger partial charge on any atom is 0.258 e. The lowest BCUT2D eigenvalue weighted by molar-refractivity contribution is -0.123. The maximum atomic E-state index is 12.9. The van der Waals surface area contributed by atoms with Crippen molar-refractivity contribution in [3.8, 4) is 5.75 Å². The van der Waals surface area contributed by atoms with Crippen molar-refractivity contribution in [2.24, 2.45) is 0 Å². The summed E-state index contributed by atoms with van der Waals surface area (Å²) in [5, 5.41) is 2.91. The Hall–Kier alpha value is -2.05. The first-order valence-electron chi connectivity index (χ1n) is 8.65. The van der Waals surface area contributed by atoms with Crippen LogP contribution >= 0.6 is 12.4 Å². The van der Waals surface area contributed by atoms with Gasteiger partial charge in [0.15, 0.2) is 6.61 Å². The molecule has 1 saturated heterocycles. The van der Waals surface area contributed by atoms with Crippen molar-refractivity contribution >= 4 is 18.3 Å². The smallest absolute Gasteiger partial charge is 0.258 e. The molecule has 26 heavy (non-hydrogen) atoms. The molecule has 5 nitrogen and oxygen atoms in total. The fourth-order valence-electron chi connectivity index (χ4n) is 3.06. The fourth-order valence-corrected chi connectivity index (χ4v) is 3.06. The van der Waals surface area contributed by atoms with Crippen LogP contribution in [0.3, 0.4) is 0 Å². The van der Waals surface area contributed by atoms with Crippen LogP contribution in [-0.2, 0) is 4.79 Å². The SMILES string of the molecule is Cl.O=C(COc1ccc(F)cc1)NCC(c1ccco1)N1CCCCC1. The third kappa shape index (κ3) is 5.75. The quantitative estimate of drug-likeness (QED) is 0.795. The number of rotatable bonds is 7. The predicted octanol–water partition coefficient (Wildman–Crippen LogP) is 3.56. The fraction of sp³-hybridized carbons (Fsp3) is 0.421. The number of likely N-dealkylation sites (tertiary alicyclic amines) is 1. The molecule has 1 amide bonds. The molecule has 3 rings (SSSR count). The Bertz CT molecular complexity index is 658. The average Bonchev–Trinajstić information content (AvgIpc) is 3.17. The summed E-state index contributed by atoms with van der Waals surface area (Å²) in [7, 11) is 0. The zero-order chi connectivity index (χ0) is 17.5. The molecule has 1 fully saturated rings. The molecule has 2 heterocycles. The summed E-state index contributed by atoms with van der Waals surface area (Å²) in [4.78, 5) is 14.4. The third-order valence-corrected chi connectivity index (χ3v) is 4.38. The van der Waals surface area contributed by atoms with Crippen LogP contribution in [0, 0.1) is 5.82 Å². The monoisotopic (exact) mass is 382 g/mol. The highest BCUT2D eigenvalue weighted by molar-refractivity contribution is 5.85. The van der Waals surface area contributed by atoms with E-state index in [-0.39, 0.29) is 36.8 Å². The van der Waals surface area contributed by atoms with Gasteiger partial charge in [-0.25, -0.2) is 4.39 Å². The second kappa shape index (κ2) is 10.2. The molecule has 1 aliphatic heterocycles. The number of hydrogen-bond acceptors (Lipinski definition) is 4. The van der Waals surface area contributed by atoms with Crippen LogP contribution in [0.15, 0.2) is 47.1 Å². The van der Waals surface area contributed by atoms with Gasteiger partial charge in [-0.3, -0.25) is 9.69 Å². The van der Waals surface area contributed by atoms with Gasteiger partial charge in [-0.1, -0.05) is 6.42 Å². The van der Waals surface area contributed by atoms with E-state index in [2.05, 4.69) is 10.2 Å². The number of amides is 1. The molecule has 0 saturated carbocycles. The number of halogens is 2.